The summed E-state index contributed by atoms with van der Waals surface area (Å²) in [6.45, 7) is 4.83. The summed E-state index contributed by atoms with van der Waals surface area (Å²) in [6, 6.07) is 4.23. The molecule has 8 heteroatoms. The van der Waals surface area contributed by atoms with E-state index in [1.54, 1.807) is 33.3 Å². The lowest BCUT2D eigenvalue weighted by Gasteiger charge is -2.54. The van der Waals surface area contributed by atoms with Crippen molar-refractivity contribution in [1.29, 1.82) is 0 Å². The zero-order valence-corrected chi connectivity index (χ0v) is 21.5. The second-order valence-electron chi connectivity index (χ2n) is 10.9. The predicted octanol–water partition coefficient (Wildman–Crippen LogP) is 3.14. The molecular formula is C28H36N4O4. The minimum absolute atomic E-state index is 0.00815. The molecule has 0 saturated carbocycles. The van der Waals surface area contributed by atoms with E-state index in [1.165, 1.54) is 42.4 Å². The third kappa shape index (κ3) is 3.81. The zero-order chi connectivity index (χ0) is 25.0. The summed E-state index contributed by atoms with van der Waals surface area (Å²) in [5.41, 5.74) is 1.77. The van der Waals surface area contributed by atoms with Crippen molar-refractivity contribution in [3.8, 4) is 11.5 Å². The lowest BCUT2D eigenvalue weighted by atomic mass is 9.68. The number of carbonyl (C=O) groups excluding carboxylic acids is 1. The molecule has 2 bridgehead atoms. The molecule has 6 rings (SSSR count). The van der Waals surface area contributed by atoms with Gasteiger partial charge in [-0.2, -0.15) is 0 Å². The normalized spacial score (nSPS) is 27.8. The number of benzene rings is 1. The number of aromatic nitrogens is 2. The van der Waals surface area contributed by atoms with E-state index in [4.69, 9.17) is 9.47 Å². The predicted molar refractivity (Wildman–Crippen MR) is 137 cm³/mol. The number of rotatable bonds is 4. The molecule has 36 heavy (non-hydrogen) atoms. The SMILES string of the molecule is COc1cc2nc(C)n(CC(=O)N3CCCC4=CC5CC(CN6CCCC[C@H]56)[C@@H]43)c(=O)c2cc1OC. The van der Waals surface area contributed by atoms with Gasteiger partial charge >= 0.3 is 0 Å². The lowest BCUT2D eigenvalue weighted by molar-refractivity contribution is -0.137. The fourth-order valence-electron chi connectivity index (χ4n) is 7.32. The molecule has 4 atom stereocenters. The summed E-state index contributed by atoms with van der Waals surface area (Å²) in [5.74, 6) is 2.65. The summed E-state index contributed by atoms with van der Waals surface area (Å²) < 4.78 is 12.3. The molecule has 1 amide bonds. The standard InChI is InChI=1S/C28H36N4O4/c1-17-29-22-14-25(36-3)24(35-2)13-21(22)28(34)32(17)16-26(33)31-10-6-7-18-11-19-12-20(27(18)31)15-30-9-5-4-8-23(19)30/h11,13-14,19-20,23,27H,4-10,12,15-16H2,1-3H3/t19?,20?,23-,27-/m1/s1. The van der Waals surface area contributed by atoms with Crippen molar-refractivity contribution in [3.05, 3.63) is 40.0 Å². The third-order valence-corrected chi connectivity index (χ3v) is 8.92. The smallest absolute Gasteiger partial charge is 0.262 e. The maximum atomic E-state index is 13.8. The Morgan fingerprint density at radius 3 is 2.72 bits per heavy atom. The van der Waals surface area contributed by atoms with Gasteiger partial charge in [0.25, 0.3) is 5.56 Å². The Morgan fingerprint density at radius 1 is 1.11 bits per heavy atom. The van der Waals surface area contributed by atoms with E-state index in [0.29, 0.717) is 46.1 Å². The minimum Gasteiger partial charge on any atom is -0.493 e. The molecule has 8 nitrogen and oxygen atoms in total. The fourth-order valence-corrected chi connectivity index (χ4v) is 7.32. The van der Waals surface area contributed by atoms with E-state index in [2.05, 4.69) is 20.9 Å². The molecule has 2 unspecified atom stereocenters. The van der Waals surface area contributed by atoms with Crippen LogP contribution >= 0.6 is 0 Å². The molecule has 4 heterocycles. The second-order valence-corrected chi connectivity index (χ2v) is 10.9. The summed E-state index contributed by atoms with van der Waals surface area (Å²) in [4.78, 5) is 36.7. The molecule has 3 fully saturated rings. The number of amides is 1. The first-order valence-corrected chi connectivity index (χ1v) is 13.4. The molecule has 0 spiro atoms. The summed E-state index contributed by atoms with van der Waals surface area (Å²) in [5, 5.41) is 0.425. The molecule has 2 aromatic rings. The molecule has 3 aliphatic heterocycles. The fraction of sp³-hybridized carbons (Fsp3) is 0.607. The number of likely N-dealkylation sites (tertiary alicyclic amines) is 1. The average molecular weight is 493 g/mol. The van der Waals surface area contributed by atoms with Crippen LogP contribution in [-0.4, -0.2) is 71.2 Å². The van der Waals surface area contributed by atoms with Crippen molar-refractivity contribution in [2.75, 3.05) is 33.9 Å². The number of methoxy groups -OCH3 is 2. The summed E-state index contributed by atoms with van der Waals surface area (Å²) in [7, 11) is 3.10. The number of aryl methyl sites for hydroxylation is 1. The summed E-state index contributed by atoms with van der Waals surface area (Å²) >= 11 is 0. The van der Waals surface area contributed by atoms with E-state index in [9.17, 15) is 9.59 Å². The molecular weight excluding hydrogens is 456 g/mol. The van der Waals surface area contributed by atoms with Gasteiger partial charge in [-0.05, 0) is 63.5 Å². The Morgan fingerprint density at radius 2 is 1.92 bits per heavy atom. The van der Waals surface area contributed by atoms with Crippen LogP contribution in [0.2, 0.25) is 0 Å². The van der Waals surface area contributed by atoms with Crippen molar-refractivity contribution in [2.45, 2.75) is 64.1 Å². The zero-order valence-electron chi connectivity index (χ0n) is 21.5. The molecule has 0 N–H and O–H groups in total. The van der Waals surface area contributed by atoms with E-state index in [-0.39, 0.29) is 24.1 Å². The number of nitrogens with zero attached hydrogens (tertiary/aromatic N) is 4. The number of piperidine rings is 3. The van der Waals surface area contributed by atoms with E-state index >= 15 is 0 Å². The largest absolute Gasteiger partial charge is 0.493 e. The maximum absolute atomic E-state index is 13.8. The van der Waals surface area contributed by atoms with Gasteiger partial charge in [-0.3, -0.25) is 19.1 Å². The van der Waals surface area contributed by atoms with Crippen LogP contribution in [-0.2, 0) is 11.3 Å². The number of ether oxygens (including phenoxy) is 2. The number of fused-ring (bicyclic) bond motifs is 7. The molecule has 3 saturated heterocycles. The minimum atomic E-state index is -0.225. The first-order chi connectivity index (χ1) is 17.5. The van der Waals surface area contributed by atoms with Gasteiger partial charge in [0.2, 0.25) is 5.91 Å². The quantitative estimate of drug-likeness (QED) is 0.611. The first kappa shape index (κ1) is 23.5. The lowest BCUT2D eigenvalue weighted by Crippen LogP contribution is -2.60. The van der Waals surface area contributed by atoms with Crippen molar-refractivity contribution in [3.63, 3.8) is 0 Å². The van der Waals surface area contributed by atoms with Crippen molar-refractivity contribution in [2.24, 2.45) is 11.8 Å². The first-order valence-electron chi connectivity index (χ1n) is 13.4. The average Bonchev–Trinajstić information content (AvgIpc) is 2.90. The van der Waals surface area contributed by atoms with Crippen LogP contribution in [0.4, 0.5) is 0 Å². The van der Waals surface area contributed by atoms with Crippen LogP contribution in [0.25, 0.3) is 10.9 Å². The van der Waals surface area contributed by atoms with Gasteiger partial charge in [-0.25, -0.2) is 4.98 Å². The number of hydrogen-bond acceptors (Lipinski definition) is 6. The highest BCUT2D eigenvalue weighted by Crippen LogP contribution is 2.45. The van der Waals surface area contributed by atoms with Crippen LogP contribution in [0.15, 0.2) is 28.6 Å². The van der Waals surface area contributed by atoms with Crippen molar-refractivity contribution in [1.82, 2.24) is 19.4 Å². The highest BCUT2D eigenvalue weighted by atomic mass is 16.5. The second kappa shape index (κ2) is 9.21. The molecule has 1 aromatic heterocycles. The summed E-state index contributed by atoms with van der Waals surface area (Å²) in [6.07, 6.45) is 9.71. The van der Waals surface area contributed by atoms with Gasteiger partial charge in [0.05, 0.1) is 31.2 Å². The van der Waals surface area contributed by atoms with Gasteiger partial charge in [-0.15, -0.1) is 0 Å². The Bertz CT molecular complexity index is 1280. The topological polar surface area (TPSA) is 76.9 Å². The number of hydrogen-bond donors (Lipinski definition) is 0. The van der Waals surface area contributed by atoms with Crippen LogP contribution in [0.3, 0.4) is 0 Å². The van der Waals surface area contributed by atoms with Gasteiger partial charge in [-0.1, -0.05) is 18.1 Å². The highest BCUT2D eigenvalue weighted by Gasteiger charge is 2.46. The van der Waals surface area contributed by atoms with Gasteiger partial charge in [0.1, 0.15) is 12.4 Å². The molecule has 4 aliphatic rings. The van der Waals surface area contributed by atoms with Crippen LogP contribution in [0, 0.1) is 18.8 Å². The maximum Gasteiger partial charge on any atom is 0.262 e. The molecule has 192 valence electrons. The van der Waals surface area contributed by atoms with Gasteiger partial charge in [0, 0.05) is 25.2 Å². The van der Waals surface area contributed by atoms with Crippen molar-refractivity contribution >= 4 is 16.8 Å². The molecule has 0 radical (unpaired) electrons. The van der Waals surface area contributed by atoms with E-state index in [1.807, 2.05) is 0 Å². The van der Waals surface area contributed by atoms with Crippen molar-refractivity contribution < 1.29 is 14.3 Å². The van der Waals surface area contributed by atoms with Crippen LogP contribution < -0.4 is 15.0 Å². The van der Waals surface area contributed by atoms with Gasteiger partial charge < -0.3 is 14.4 Å². The van der Waals surface area contributed by atoms with E-state index in [0.717, 1.165) is 25.9 Å². The highest BCUT2D eigenvalue weighted by molar-refractivity contribution is 5.83. The Kier molecular flexibility index (Phi) is 6.02. The third-order valence-electron chi connectivity index (χ3n) is 8.92. The van der Waals surface area contributed by atoms with E-state index < -0.39 is 0 Å². The monoisotopic (exact) mass is 492 g/mol. The van der Waals surface area contributed by atoms with Crippen LogP contribution in [0.5, 0.6) is 11.5 Å². The molecule has 1 aromatic carbocycles. The van der Waals surface area contributed by atoms with Gasteiger partial charge in [0.15, 0.2) is 11.5 Å². The Balaban J connectivity index is 1.30. The van der Waals surface area contributed by atoms with Crippen LogP contribution in [0.1, 0.15) is 44.3 Å². The number of carbonyl (C=O) groups is 1. The molecule has 1 aliphatic carbocycles. The Labute approximate surface area is 211 Å². The Hall–Kier alpha value is -2.87.